The summed E-state index contributed by atoms with van der Waals surface area (Å²) in [4.78, 5) is 12.8. The molecule has 9 heteroatoms. The molecule has 0 aliphatic heterocycles. The van der Waals surface area contributed by atoms with Crippen molar-refractivity contribution in [1.29, 1.82) is 5.26 Å². The van der Waals surface area contributed by atoms with Crippen molar-refractivity contribution < 1.29 is 17.9 Å². The second-order valence-electron chi connectivity index (χ2n) is 7.35. The first kappa shape index (κ1) is 24.5. The number of carbonyl (C=O) groups is 1. The monoisotopic (exact) mass is 476 g/mol. The van der Waals surface area contributed by atoms with Crippen LogP contribution in [-0.4, -0.2) is 33.7 Å². The number of ether oxygens (including phenoxy) is 1. The number of hydrogen-bond donors (Lipinski definition) is 1. The van der Waals surface area contributed by atoms with Gasteiger partial charge < -0.3 is 4.74 Å². The molecule has 0 unspecified atom stereocenters. The molecule has 0 saturated heterocycles. The lowest BCUT2D eigenvalue weighted by molar-refractivity contribution is -0.119. The Labute approximate surface area is 199 Å². The number of nitriles is 1. The van der Waals surface area contributed by atoms with E-state index in [9.17, 15) is 13.2 Å². The Morgan fingerprint density at radius 1 is 1.06 bits per heavy atom. The van der Waals surface area contributed by atoms with Crippen molar-refractivity contribution in [2.24, 2.45) is 5.10 Å². The van der Waals surface area contributed by atoms with Gasteiger partial charge in [-0.1, -0.05) is 30.3 Å². The van der Waals surface area contributed by atoms with Gasteiger partial charge in [-0.05, 0) is 73.0 Å². The molecule has 3 rings (SSSR count). The van der Waals surface area contributed by atoms with Crippen LogP contribution in [0.3, 0.4) is 0 Å². The highest BCUT2D eigenvalue weighted by Gasteiger charge is 2.28. The first-order valence-corrected chi connectivity index (χ1v) is 11.8. The minimum absolute atomic E-state index is 0.0493. The van der Waals surface area contributed by atoms with Gasteiger partial charge in [-0.15, -0.1) is 0 Å². The standard InChI is InChI=1S/C25H24N4O4S/c1-19-7-6-10-24(20(19)2)29(34(31,32)23-8-4-3-5-9-23)18-25(30)28-27-17-21-11-13-22(14-12-21)33-16-15-26/h3-14,17H,16,18H2,1-2H3,(H,28,30)/b27-17-. The van der Waals surface area contributed by atoms with Crippen LogP contribution in [0.5, 0.6) is 5.75 Å². The van der Waals surface area contributed by atoms with Gasteiger partial charge in [0.1, 0.15) is 18.4 Å². The molecule has 3 aromatic carbocycles. The van der Waals surface area contributed by atoms with Crippen LogP contribution in [0.2, 0.25) is 0 Å². The van der Waals surface area contributed by atoms with Crippen molar-refractivity contribution in [1.82, 2.24) is 5.43 Å². The van der Waals surface area contributed by atoms with E-state index in [1.165, 1.54) is 18.3 Å². The summed E-state index contributed by atoms with van der Waals surface area (Å²) in [5.74, 6) is -0.0522. The number of nitrogens with one attached hydrogen (secondary N) is 1. The maximum atomic E-state index is 13.4. The summed E-state index contributed by atoms with van der Waals surface area (Å²) in [5, 5.41) is 12.5. The Balaban J connectivity index is 1.79. The van der Waals surface area contributed by atoms with Gasteiger partial charge in [0.05, 0.1) is 16.8 Å². The minimum Gasteiger partial charge on any atom is -0.479 e. The second-order valence-corrected chi connectivity index (χ2v) is 9.22. The largest absolute Gasteiger partial charge is 0.479 e. The fourth-order valence-electron chi connectivity index (χ4n) is 3.14. The first-order valence-electron chi connectivity index (χ1n) is 10.4. The topological polar surface area (TPSA) is 112 Å². The van der Waals surface area contributed by atoms with E-state index in [0.29, 0.717) is 17.0 Å². The number of hydrazone groups is 1. The third-order valence-corrected chi connectivity index (χ3v) is 6.82. The van der Waals surface area contributed by atoms with Crippen LogP contribution in [0.1, 0.15) is 16.7 Å². The fraction of sp³-hybridized carbons (Fsp3) is 0.160. The van der Waals surface area contributed by atoms with Gasteiger partial charge >= 0.3 is 0 Å². The van der Waals surface area contributed by atoms with Crippen molar-refractivity contribution in [2.75, 3.05) is 17.5 Å². The van der Waals surface area contributed by atoms with Crippen molar-refractivity contribution in [3.63, 3.8) is 0 Å². The molecule has 0 saturated carbocycles. The third kappa shape index (κ3) is 5.99. The Hall–Kier alpha value is -4.16. The molecule has 8 nitrogen and oxygen atoms in total. The number of aryl methyl sites for hydroxylation is 1. The number of sulfonamides is 1. The van der Waals surface area contributed by atoms with Crippen molar-refractivity contribution in [3.05, 3.63) is 89.5 Å². The van der Waals surface area contributed by atoms with E-state index < -0.39 is 22.5 Å². The van der Waals surface area contributed by atoms with Crippen LogP contribution < -0.4 is 14.5 Å². The fourth-order valence-corrected chi connectivity index (χ4v) is 4.63. The summed E-state index contributed by atoms with van der Waals surface area (Å²) in [7, 11) is -3.99. The zero-order chi connectivity index (χ0) is 24.6. The van der Waals surface area contributed by atoms with Crippen molar-refractivity contribution in [2.45, 2.75) is 18.7 Å². The Kier molecular flexibility index (Phi) is 8.01. The molecular weight excluding hydrogens is 452 g/mol. The number of hydrogen-bond acceptors (Lipinski definition) is 6. The molecular formula is C25H24N4O4S. The molecule has 0 bridgehead atoms. The molecule has 0 fully saturated rings. The average Bonchev–Trinajstić information content (AvgIpc) is 2.84. The zero-order valence-electron chi connectivity index (χ0n) is 18.8. The molecule has 3 aromatic rings. The van der Waals surface area contributed by atoms with Crippen LogP contribution >= 0.6 is 0 Å². The van der Waals surface area contributed by atoms with E-state index in [1.54, 1.807) is 54.6 Å². The highest BCUT2D eigenvalue weighted by Crippen LogP contribution is 2.28. The molecule has 0 aromatic heterocycles. The molecule has 34 heavy (non-hydrogen) atoms. The zero-order valence-corrected chi connectivity index (χ0v) is 19.6. The van der Waals surface area contributed by atoms with E-state index >= 15 is 0 Å². The van der Waals surface area contributed by atoms with Crippen molar-refractivity contribution >= 4 is 27.8 Å². The van der Waals surface area contributed by atoms with Gasteiger partial charge in [-0.2, -0.15) is 10.4 Å². The molecule has 1 N–H and O–H groups in total. The van der Waals surface area contributed by atoms with Gasteiger partial charge in [-0.25, -0.2) is 13.8 Å². The van der Waals surface area contributed by atoms with E-state index in [-0.39, 0.29) is 11.5 Å². The average molecular weight is 477 g/mol. The lowest BCUT2D eigenvalue weighted by atomic mass is 10.1. The van der Waals surface area contributed by atoms with Crippen LogP contribution in [0.25, 0.3) is 0 Å². The molecule has 1 amide bonds. The van der Waals surface area contributed by atoms with Gasteiger partial charge in [0.2, 0.25) is 0 Å². The Morgan fingerprint density at radius 2 is 1.76 bits per heavy atom. The quantitative estimate of drug-likeness (QED) is 0.375. The molecule has 0 spiro atoms. The number of benzene rings is 3. The first-order chi connectivity index (χ1) is 16.3. The highest BCUT2D eigenvalue weighted by atomic mass is 32.2. The summed E-state index contributed by atoms with van der Waals surface area (Å²) in [5.41, 5.74) is 5.17. The van der Waals surface area contributed by atoms with E-state index in [0.717, 1.165) is 15.4 Å². The number of carbonyl (C=O) groups excluding carboxylic acids is 1. The van der Waals surface area contributed by atoms with Crippen LogP contribution in [0.15, 0.2) is 82.8 Å². The molecule has 174 valence electrons. The summed E-state index contributed by atoms with van der Waals surface area (Å²) in [6, 6.07) is 22.0. The van der Waals surface area contributed by atoms with Gasteiger partial charge in [0, 0.05) is 0 Å². The molecule has 0 aliphatic carbocycles. The number of amides is 1. The molecule has 0 radical (unpaired) electrons. The van der Waals surface area contributed by atoms with E-state index in [4.69, 9.17) is 10.00 Å². The van der Waals surface area contributed by atoms with Gasteiger partial charge in [0.25, 0.3) is 15.9 Å². The maximum absolute atomic E-state index is 13.4. The summed E-state index contributed by atoms with van der Waals surface area (Å²) in [6.07, 6.45) is 1.43. The van der Waals surface area contributed by atoms with E-state index in [2.05, 4.69) is 10.5 Å². The predicted molar refractivity (Wildman–Crippen MR) is 130 cm³/mol. The number of nitrogens with zero attached hydrogens (tertiary/aromatic N) is 3. The Bertz CT molecular complexity index is 1320. The maximum Gasteiger partial charge on any atom is 0.264 e. The second kappa shape index (κ2) is 11.1. The summed E-state index contributed by atoms with van der Waals surface area (Å²) < 4.78 is 33.1. The van der Waals surface area contributed by atoms with Crippen LogP contribution in [0.4, 0.5) is 5.69 Å². The normalized spacial score (nSPS) is 11.1. The van der Waals surface area contributed by atoms with E-state index in [1.807, 2.05) is 26.0 Å². The summed E-state index contributed by atoms with van der Waals surface area (Å²) >= 11 is 0. The number of rotatable bonds is 9. The van der Waals surface area contributed by atoms with Crippen LogP contribution in [-0.2, 0) is 14.8 Å². The van der Waals surface area contributed by atoms with Crippen molar-refractivity contribution in [3.8, 4) is 11.8 Å². The third-order valence-electron chi connectivity index (χ3n) is 5.05. The lowest BCUT2D eigenvalue weighted by Gasteiger charge is -2.26. The van der Waals surface area contributed by atoms with Gasteiger partial charge in [0.15, 0.2) is 6.61 Å². The Morgan fingerprint density at radius 3 is 2.44 bits per heavy atom. The molecule has 0 aliphatic rings. The smallest absolute Gasteiger partial charge is 0.264 e. The number of anilines is 1. The SMILES string of the molecule is Cc1cccc(N(CC(=O)N/N=C\c2ccc(OCC#N)cc2)S(=O)(=O)c2ccccc2)c1C. The predicted octanol–water partition coefficient (Wildman–Crippen LogP) is 3.55. The van der Waals surface area contributed by atoms with Crippen LogP contribution in [0, 0.1) is 25.2 Å². The highest BCUT2D eigenvalue weighted by molar-refractivity contribution is 7.92. The van der Waals surface area contributed by atoms with Gasteiger partial charge in [-0.3, -0.25) is 9.10 Å². The summed E-state index contributed by atoms with van der Waals surface area (Å²) in [6.45, 7) is 3.21. The molecule has 0 atom stereocenters. The lowest BCUT2D eigenvalue weighted by Crippen LogP contribution is -2.40. The minimum atomic E-state index is -3.99. The molecule has 0 heterocycles.